The molecule has 2 heteroatoms. The number of hydrogen-bond donors (Lipinski definition) is 1. The van der Waals surface area contributed by atoms with Crippen LogP contribution < -0.4 is 5.73 Å². The van der Waals surface area contributed by atoms with Gasteiger partial charge in [0, 0.05) is 6.04 Å². The normalized spacial score (nSPS) is 20.6. The van der Waals surface area contributed by atoms with Crippen LogP contribution in [-0.2, 0) is 0 Å². The van der Waals surface area contributed by atoms with Crippen molar-refractivity contribution >= 4 is 0 Å². The summed E-state index contributed by atoms with van der Waals surface area (Å²) < 4.78 is 13.0. The van der Waals surface area contributed by atoms with Crippen molar-refractivity contribution in [1.29, 1.82) is 0 Å². The third-order valence-corrected chi connectivity index (χ3v) is 3.33. The summed E-state index contributed by atoms with van der Waals surface area (Å²) in [6.07, 6.45) is 2.37. The van der Waals surface area contributed by atoms with E-state index in [2.05, 4.69) is 6.92 Å². The van der Waals surface area contributed by atoms with Crippen LogP contribution >= 0.6 is 0 Å². The van der Waals surface area contributed by atoms with Gasteiger partial charge in [-0.25, -0.2) is 4.39 Å². The van der Waals surface area contributed by atoms with Crippen LogP contribution in [0.15, 0.2) is 18.2 Å². The highest BCUT2D eigenvalue weighted by Crippen LogP contribution is 2.53. The third kappa shape index (κ3) is 1.55. The maximum absolute atomic E-state index is 13.0. The van der Waals surface area contributed by atoms with E-state index in [1.807, 2.05) is 6.07 Å². The van der Waals surface area contributed by atoms with Crippen molar-refractivity contribution < 1.29 is 4.39 Å². The molecule has 0 amide bonds. The Labute approximate surface area is 84.1 Å². The van der Waals surface area contributed by atoms with E-state index in [1.54, 1.807) is 13.0 Å². The van der Waals surface area contributed by atoms with Crippen molar-refractivity contribution in [2.75, 3.05) is 0 Å². The fourth-order valence-corrected chi connectivity index (χ4v) is 1.77. The van der Waals surface area contributed by atoms with Gasteiger partial charge < -0.3 is 5.73 Å². The Morgan fingerprint density at radius 3 is 2.57 bits per heavy atom. The van der Waals surface area contributed by atoms with E-state index in [0.29, 0.717) is 5.56 Å². The van der Waals surface area contributed by atoms with Gasteiger partial charge in [0.15, 0.2) is 0 Å². The first kappa shape index (κ1) is 9.66. The molecule has 1 atom stereocenters. The van der Waals surface area contributed by atoms with Crippen LogP contribution in [0.25, 0.3) is 0 Å². The molecular weight excluding hydrogens is 177 g/mol. The van der Waals surface area contributed by atoms with E-state index in [0.717, 1.165) is 5.56 Å². The first-order valence-electron chi connectivity index (χ1n) is 5.04. The molecule has 2 N–H and O–H groups in total. The number of benzene rings is 1. The Morgan fingerprint density at radius 2 is 2.07 bits per heavy atom. The zero-order valence-corrected chi connectivity index (χ0v) is 8.68. The van der Waals surface area contributed by atoms with Crippen LogP contribution in [0.3, 0.4) is 0 Å². The smallest absolute Gasteiger partial charge is 0.126 e. The first-order valence-corrected chi connectivity index (χ1v) is 5.04. The Bertz CT molecular complexity index is 355. The zero-order valence-electron chi connectivity index (χ0n) is 8.68. The minimum atomic E-state index is -0.151. The van der Waals surface area contributed by atoms with E-state index in [4.69, 9.17) is 5.73 Å². The molecule has 0 aromatic heterocycles. The molecule has 0 aliphatic heterocycles. The average molecular weight is 193 g/mol. The molecule has 0 saturated heterocycles. The average Bonchev–Trinajstić information content (AvgIpc) is 2.89. The lowest BCUT2D eigenvalue weighted by Gasteiger charge is -2.19. The predicted molar refractivity (Wildman–Crippen MR) is 55.4 cm³/mol. The van der Waals surface area contributed by atoms with E-state index < -0.39 is 0 Å². The Hall–Kier alpha value is -0.890. The summed E-state index contributed by atoms with van der Waals surface area (Å²) in [5.41, 5.74) is 8.13. The summed E-state index contributed by atoms with van der Waals surface area (Å²) in [5.74, 6) is -0.151. The summed E-state index contributed by atoms with van der Waals surface area (Å²) in [6.45, 7) is 3.97. The van der Waals surface area contributed by atoms with Crippen molar-refractivity contribution in [1.82, 2.24) is 0 Å². The summed E-state index contributed by atoms with van der Waals surface area (Å²) in [6, 6.07) is 5.23. The summed E-state index contributed by atoms with van der Waals surface area (Å²) in [4.78, 5) is 0. The van der Waals surface area contributed by atoms with Gasteiger partial charge in [-0.1, -0.05) is 19.1 Å². The molecule has 2 rings (SSSR count). The molecule has 1 aromatic rings. The summed E-state index contributed by atoms with van der Waals surface area (Å²) in [7, 11) is 0. The monoisotopic (exact) mass is 193 g/mol. The summed E-state index contributed by atoms with van der Waals surface area (Å²) >= 11 is 0. The topological polar surface area (TPSA) is 26.0 Å². The predicted octanol–water partition coefficient (Wildman–Crippen LogP) is 2.93. The number of nitrogens with two attached hydrogens (primary N) is 1. The lowest BCUT2D eigenvalue weighted by atomic mass is 9.92. The van der Waals surface area contributed by atoms with E-state index in [-0.39, 0.29) is 17.3 Å². The molecule has 1 aromatic carbocycles. The van der Waals surface area contributed by atoms with E-state index >= 15 is 0 Å². The van der Waals surface area contributed by atoms with Gasteiger partial charge in [0.25, 0.3) is 0 Å². The number of rotatable bonds is 2. The standard InChI is InChI=1S/C12H16FN/c1-8-7-9(3-4-10(8)13)11(14)12(2)5-6-12/h3-4,7,11H,5-6,14H2,1-2H3. The Kier molecular flexibility index (Phi) is 2.11. The maximum atomic E-state index is 13.0. The first-order chi connectivity index (χ1) is 6.53. The quantitative estimate of drug-likeness (QED) is 0.767. The van der Waals surface area contributed by atoms with Gasteiger partial charge in [0.2, 0.25) is 0 Å². The van der Waals surface area contributed by atoms with Gasteiger partial charge >= 0.3 is 0 Å². The van der Waals surface area contributed by atoms with Crippen LogP contribution in [0.5, 0.6) is 0 Å². The second-order valence-electron chi connectivity index (χ2n) is 4.64. The van der Waals surface area contributed by atoms with E-state index in [1.165, 1.54) is 18.9 Å². The molecule has 1 aliphatic rings. The van der Waals surface area contributed by atoms with Crippen LogP contribution in [0, 0.1) is 18.2 Å². The van der Waals surface area contributed by atoms with Gasteiger partial charge in [0.1, 0.15) is 5.82 Å². The molecule has 1 nitrogen and oxygen atoms in total. The van der Waals surface area contributed by atoms with Crippen molar-refractivity contribution in [2.45, 2.75) is 32.7 Å². The number of aryl methyl sites for hydroxylation is 1. The molecule has 0 radical (unpaired) electrons. The second-order valence-corrected chi connectivity index (χ2v) is 4.64. The van der Waals surface area contributed by atoms with Crippen molar-refractivity contribution in [2.24, 2.45) is 11.1 Å². The van der Waals surface area contributed by atoms with Gasteiger partial charge in [-0.3, -0.25) is 0 Å². The molecule has 76 valence electrons. The SMILES string of the molecule is Cc1cc(C(N)C2(C)CC2)ccc1F. The third-order valence-electron chi connectivity index (χ3n) is 3.33. The van der Waals surface area contributed by atoms with Gasteiger partial charge in [-0.15, -0.1) is 0 Å². The van der Waals surface area contributed by atoms with Gasteiger partial charge in [-0.05, 0) is 42.4 Å². The number of hydrogen-bond acceptors (Lipinski definition) is 1. The fourth-order valence-electron chi connectivity index (χ4n) is 1.77. The second kappa shape index (κ2) is 3.06. The largest absolute Gasteiger partial charge is 0.323 e. The van der Waals surface area contributed by atoms with Crippen LogP contribution in [0.4, 0.5) is 4.39 Å². The Balaban J connectivity index is 2.28. The van der Waals surface area contributed by atoms with Gasteiger partial charge in [-0.2, -0.15) is 0 Å². The molecule has 1 fully saturated rings. The fraction of sp³-hybridized carbons (Fsp3) is 0.500. The molecule has 0 bridgehead atoms. The lowest BCUT2D eigenvalue weighted by molar-refractivity contribution is 0.450. The van der Waals surface area contributed by atoms with Crippen molar-refractivity contribution in [3.05, 3.63) is 35.1 Å². The highest BCUT2D eigenvalue weighted by Gasteiger charge is 2.43. The molecular formula is C12H16FN. The molecule has 1 saturated carbocycles. The Morgan fingerprint density at radius 1 is 1.43 bits per heavy atom. The zero-order chi connectivity index (χ0) is 10.3. The summed E-state index contributed by atoms with van der Waals surface area (Å²) in [5, 5.41) is 0. The maximum Gasteiger partial charge on any atom is 0.126 e. The van der Waals surface area contributed by atoms with Crippen LogP contribution in [0.1, 0.15) is 36.9 Å². The molecule has 1 aliphatic carbocycles. The van der Waals surface area contributed by atoms with E-state index in [9.17, 15) is 4.39 Å². The van der Waals surface area contributed by atoms with Crippen molar-refractivity contribution in [3.8, 4) is 0 Å². The highest BCUT2D eigenvalue weighted by molar-refractivity contribution is 5.28. The minimum absolute atomic E-state index is 0.0572. The minimum Gasteiger partial charge on any atom is -0.323 e. The highest BCUT2D eigenvalue weighted by atomic mass is 19.1. The van der Waals surface area contributed by atoms with Gasteiger partial charge in [0.05, 0.1) is 0 Å². The molecule has 14 heavy (non-hydrogen) atoms. The van der Waals surface area contributed by atoms with Crippen molar-refractivity contribution in [3.63, 3.8) is 0 Å². The molecule has 1 unspecified atom stereocenters. The number of halogens is 1. The lowest BCUT2D eigenvalue weighted by Crippen LogP contribution is -2.20. The van der Waals surface area contributed by atoms with Crippen LogP contribution in [0.2, 0.25) is 0 Å². The molecule has 0 heterocycles. The van der Waals surface area contributed by atoms with Crippen LogP contribution in [-0.4, -0.2) is 0 Å². The molecule has 0 spiro atoms.